The van der Waals surface area contributed by atoms with E-state index in [-0.39, 0.29) is 12.5 Å². The number of nitrogens with zero attached hydrogens (tertiary/aromatic N) is 1. The van der Waals surface area contributed by atoms with Crippen LogP contribution in [0, 0.1) is 25.2 Å². The van der Waals surface area contributed by atoms with Gasteiger partial charge in [-0.05, 0) is 44.2 Å². The molecular weight excluding hydrogens is 314 g/mol. The normalized spacial score (nSPS) is 9.78. The number of ether oxygens (including phenoxy) is 1. The van der Waals surface area contributed by atoms with Gasteiger partial charge >= 0.3 is 0 Å². The largest absolute Gasteiger partial charge is 0.484 e. The molecule has 6 nitrogen and oxygen atoms in total. The lowest BCUT2D eigenvalue weighted by Crippen LogP contribution is -2.43. The third kappa shape index (κ3) is 4.56. The highest BCUT2D eigenvalue weighted by Crippen LogP contribution is 2.20. The number of hydrazine groups is 1. The molecule has 118 valence electrons. The van der Waals surface area contributed by atoms with Crippen molar-refractivity contribution in [1.29, 1.82) is 5.26 Å². The van der Waals surface area contributed by atoms with Crippen LogP contribution in [0.2, 0.25) is 0 Å². The van der Waals surface area contributed by atoms with Crippen LogP contribution in [0.25, 0.3) is 0 Å². The average molecular weight is 329 g/mol. The van der Waals surface area contributed by atoms with Crippen molar-refractivity contribution in [3.8, 4) is 11.8 Å². The van der Waals surface area contributed by atoms with Crippen LogP contribution in [-0.2, 0) is 4.79 Å². The van der Waals surface area contributed by atoms with Crippen LogP contribution in [0.5, 0.6) is 5.75 Å². The van der Waals surface area contributed by atoms with E-state index in [2.05, 4.69) is 10.9 Å². The summed E-state index contributed by atoms with van der Waals surface area (Å²) < 4.78 is 5.26. The topological polar surface area (TPSA) is 91.2 Å². The van der Waals surface area contributed by atoms with Crippen LogP contribution in [0.4, 0.5) is 0 Å². The number of nitrogens with one attached hydrogen (secondary N) is 2. The summed E-state index contributed by atoms with van der Waals surface area (Å²) in [5, 5.41) is 8.69. The van der Waals surface area contributed by atoms with E-state index in [1.165, 1.54) is 11.3 Å². The molecule has 0 unspecified atom stereocenters. The van der Waals surface area contributed by atoms with Crippen molar-refractivity contribution in [1.82, 2.24) is 10.9 Å². The SMILES string of the molecule is Cc1cc(C(=O)NNC(=O)COc2ccc(C#N)cc2)c(C)s1. The molecule has 1 aromatic carbocycles. The Morgan fingerprint density at radius 1 is 1.22 bits per heavy atom. The number of thiophene rings is 1. The molecule has 0 saturated heterocycles. The highest BCUT2D eigenvalue weighted by Gasteiger charge is 2.12. The van der Waals surface area contributed by atoms with Gasteiger partial charge < -0.3 is 4.74 Å². The van der Waals surface area contributed by atoms with E-state index in [0.29, 0.717) is 16.9 Å². The molecule has 0 aliphatic carbocycles. The quantitative estimate of drug-likeness (QED) is 0.840. The fraction of sp³-hybridized carbons (Fsp3) is 0.188. The van der Waals surface area contributed by atoms with E-state index in [1.807, 2.05) is 19.9 Å². The summed E-state index contributed by atoms with van der Waals surface area (Å²) in [5.41, 5.74) is 5.70. The van der Waals surface area contributed by atoms with E-state index >= 15 is 0 Å². The molecule has 2 N–H and O–H groups in total. The van der Waals surface area contributed by atoms with Gasteiger partial charge in [-0.15, -0.1) is 11.3 Å². The molecule has 0 fully saturated rings. The van der Waals surface area contributed by atoms with Gasteiger partial charge in [-0.2, -0.15) is 5.26 Å². The van der Waals surface area contributed by atoms with Gasteiger partial charge in [0.05, 0.1) is 17.2 Å². The first-order valence-electron chi connectivity index (χ1n) is 6.79. The van der Waals surface area contributed by atoms with Crippen LogP contribution in [0.1, 0.15) is 25.7 Å². The zero-order valence-electron chi connectivity index (χ0n) is 12.7. The fourth-order valence-corrected chi connectivity index (χ4v) is 2.78. The molecule has 1 aromatic heterocycles. The van der Waals surface area contributed by atoms with Crippen LogP contribution < -0.4 is 15.6 Å². The maximum Gasteiger partial charge on any atom is 0.276 e. The van der Waals surface area contributed by atoms with Gasteiger partial charge in [0.1, 0.15) is 5.75 Å². The lowest BCUT2D eigenvalue weighted by atomic mass is 10.2. The van der Waals surface area contributed by atoms with Gasteiger partial charge in [0, 0.05) is 9.75 Å². The summed E-state index contributed by atoms with van der Waals surface area (Å²) in [4.78, 5) is 25.5. The number of nitriles is 1. The number of rotatable bonds is 4. The minimum Gasteiger partial charge on any atom is -0.484 e. The first kappa shape index (κ1) is 16.5. The summed E-state index contributed by atoms with van der Waals surface area (Å²) >= 11 is 1.52. The Hall–Kier alpha value is -2.85. The highest BCUT2D eigenvalue weighted by molar-refractivity contribution is 7.12. The Balaban J connectivity index is 1.79. The number of hydrogen-bond donors (Lipinski definition) is 2. The molecule has 0 aliphatic rings. The van der Waals surface area contributed by atoms with E-state index in [0.717, 1.165) is 9.75 Å². The van der Waals surface area contributed by atoms with Crippen molar-refractivity contribution in [3.05, 3.63) is 51.2 Å². The first-order valence-corrected chi connectivity index (χ1v) is 7.60. The standard InChI is InChI=1S/C16H15N3O3S/c1-10-7-14(11(2)23-10)16(21)19-18-15(20)9-22-13-5-3-12(8-17)4-6-13/h3-7H,9H2,1-2H3,(H,18,20)(H,19,21). The Morgan fingerprint density at radius 2 is 1.91 bits per heavy atom. The van der Waals surface area contributed by atoms with Gasteiger partial charge in [0.25, 0.3) is 11.8 Å². The van der Waals surface area contributed by atoms with Crippen LogP contribution in [-0.4, -0.2) is 18.4 Å². The average Bonchev–Trinajstić information content (AvgIpc) is 2.89. The molecule has 1 heterocycles. The maximum atomic E-state index is 11.9. The zero-order chi connectivity index (χ0) is 16.8. The molecule has 0 atom stereocenters. The van der Waals surface area contributed by atoms with Crippen molar-refractivity contribution < 1.29 is 14.3 Å². The van der Waals surface area contributed by atoms with E-state index in [4.69, 9.17) is 10.00 Å². The van der Waals surface area contributed by atoms with Gasteiger partial charge in [0.2, 0.25) is 0 Å². The molecule has 0 saturated carbocycles. The van der Waals surface area contributed by atoms with Crippen LogP contribution >= 0.6 is 11.3 Å². The van der Waals surface area contributed by atoms with Gasteiger partial charge in [-0.3, -0.25) is 20.4 Å². The van der Waals surface area contributed by atoms with Crippen molar-refractivity contribution in [3.63, 3.8) is 0 Å². The second kappa shape index (κ2) is 7.42. The predicted octanol–water partition coefficient (Wildman–Crippen LogP) is 2.08. The summed E-state index contributed by atoms with van der Waals surface area (Å²) in [7, 11) is 0. The maximum absolute atomic E-state index is 11.9. The Kier molecular flexibility index (Phi) is 5.33. The fourth-order valence-electron chi connectivity index (χ4n) is 1.86. The van der Waals surface area contributed by atoms with Gasteiger partial charge in [-0.25, -0.2) is 0 Å². The number of benzene rings is 1. The van der Waals surface area contributed by atoms with Crippen LogP contribution in [0.3, 0.4) is 0 Å². The van der Waals surface area contributed by atoms with Gasteiger partial charge in [-0.1, -0.05) is 0 Å². The Morgan fingerprint density at radius 3 is 2.48 bits per heavy atom. The molecule has 2 aromatic rings. The highest BCUT2D eigenvalue weighted by atomic mass is 32.1. The molecule has 7 heteroatoms. The van der Waals surface area contributed by atoms with E-state index < -0.39 is 5.91 Å². The number of amides is 2. The lowest BCUT2D eigenvalue weighted by molar-refractivity contribution is -0.123. The monoisotopic (exact) mass is 329 g/mol. The molecule has 2 amide bonds. The molecule has 0 radical (unpaired) electrons. The van der Waals surface area contributed by atoms with Crippen molar-refractivity contribution >= 4 is 23.2 Å². The summed E-state index contributed by atoms with van der Waals surface area (Å²) in [6.45, 7) is 3.52. The number of aryl methyl sites for hydroxylation is 2. The lowest BCUT2D eigenvalue weighted by Gasteiger charge is -2.08. The first-order chi connectivity index (χ1) is 11.0. The van der Waals surface area contributed by atoms with Gasteiger partial charge in [0.15, 0.2) is 6.61 Å². The number of carbonyl (C=O) groups excluding carboxylic acids is 2. The van der Waals surface area contributed by atoms with E-state index in [9.17, 15) is 9.59 Å². The molecule has 0 aliphatic heterocycles. The Bertz CT molecular complexity index is 760. The summed E-state index contributed by atoms with van der Waals surface area (Å²) in [6, 6.07) is 10.2. The van der Waals surface area contributed by atoms with E-state index in [1.54, 1.807) is 30.3 Å². The smallest absolute Gasteiger partial charge is 0.276 e. The van der Waals surface area contributed by atoms with Crippen molar-refractivity contribution in [2.75, 3.05) is 6.61 Å². The third-order valence-electron chi connectivity index (χ3n) is 2.95. The molecule has 0 bridgehead atoms. The minimum absolute atomic E-state index is 0.242. The van der Waals surface area contributed by atoms with Crippen molar-refractivity contribution in [2.24, 2.45) is 0 Å². The molecular formula is C16H15N3O3S. The second-order valence-corrected chi connectivity index (χ2v) is 6.21. The number of carbonyl (C=O) groups is 2. The summed E-state index contributed by atoms with van der Waals surface area (Å²) in [5.74, 6) is -0.374. The Labute approximate surface area is 137 Å². The molecule has 2 rings (SSSR count). The zero-order valence-corrected chi connectivity index (χ0v) is 13.5. The molecule has 0 spiro atoms. The number of hydrogen-bond acceptors (Lipinski definition) is 5. The second-order valence-electron chi connectivity index (χ2n) is 4.75. The minimum atomic E-state index is -0.479. The third-order valence-corrected chi connectivity index (χ3v) is 3.92. The predicted molar refractivity (Wildman–Crippen MR) is 86.1 cm³/mol. The van der Waals surface area contributed by atoms with Crippen LogP contribution in [0.15, 0.2) is 30.3 Å². The summed E-state index contributed by atoms with van der Waals surface area (Å²) in [6.07, 6.45) is 0. The van der Waals surface area contributed by atoms with Crippen molar-refractivity contribution in [2.45, 2.75) is 13.8 Å². The molecule has 23 heavy (non-hydrogen) atoms.